The molecule has 0 saturated carbocycles. The van der Waals surface area contributed by atoms with Gasteiger partial charge in [0.05, 0.1) is 6.61 Å². The number of hydrogen-bond donors (Lipinski definition) is 5. The zero-order chi connectivity index (χ0) is 14.8. The first-order valence-electron chi connectivity index (χ1n) is 5.21. The molecule has 5 N–H and O–H groups in total. The summed E-state index contributed by atoms with van der Waals surface area (Å²) < 4.78 is 38.9. The van der Waals surface area contributed by atoms with E-state index in [9.17, 15) is 23.4 Å². The highest BCUT2D eigenvalue weighted by Gasteiger charge is 2.47. The number of carbonyl (C=O) groups excluding carboxylic acids is 1. The summed E-state index contributed by atoms with van der Waals surface area (Å²) in [6.07, 6.45) is -6.46. The minimum atomic E-state index is -4.91. The van der Waals surface area contributed by atoms with Gasteiger partial charge in [0.25, 0.3) is 0 Å². The quantitative estimate of drug-likeness (QED) is 0.335. The maximum absolute atomic E-state index is 10.9. The predicted octanol–water partition coefficient (Wildman–Crippen LogP) is -3.25. The van der Waals surface area contributed by atoms with Gasteiger partial charge in [-0.15, -0.1) is 0 Å². The number of aliphatic hydroxyl groups excluding tert-OH is 3. The van der Waals surface area contributed by atoms with Crippen LogP contribution in [0.25, 0.3) is 0 Å². The van der Waals surface area contributed by atoms with Gasteiger partial charge in [-0.1, -0.05) is 0 Å². The van der Waals surface area contributed by atoms with Crippen LogP contribution in [0.5, 0.6) is 0 Å². The normalized spacial score (nSPS) is 35.9. The Hall–Kier alpha value is -0.820. The van der Waals surface area contributed by atoms with Crippen molar-refractivity contribution in [3.63, 3.8) is 0 Å². The molecule has 112 valence electrons. The summed E-state index contributed by atoms with van der Waals surface area (Å²) in [7, 11) is -4.91. The molecule has 0 aromatic rings. The van der Waals surface area contributed by atoms with Crippen LogP contribution in [0.15, 0.2) is 0 Å². The molecule has 19 heavy (non-hydrogen) atoms. The van der Waals surface area contributed by atoms with E-state index in [1.54, 1.807) is 0 Å². The second-order valence-corrected chi connectivity index (χ2v) is 5.00. The fourth-order valence-electron chi connectivity index (χ4n) is 1.73. The van der Waals surface area contributed by atoms with Crippen LogP contribution in [-0.2, 0) is 24.1 Å². The number of rotatable bonds is 4. The van der Waals surface area contributed by atoms with E-state index >= 15 is 0 Å². The van der Waals surface area contributed by atoms with Crippen LogP contribution in [0.3, 0.4) is 0 Å². The van der Waals surface area contributed by atoms with Crippen LogP contribution in [0.1, 0.15) is 6.92 Å². The van der Waals surface area contributed by atoms with Crippen LogP contribution in [0.2, 0.25) is 0 Å². The Morgan fingerprint density at radius 1 is 1.42 bits per heavy atom. The minimum absolute atomic E-state index is 0.611. The molecule has 0 aromatic carbocycles. The lowest BCUT2D eigenvalue weighted by Crippen LogP contribution is -2.64. The Balaban J connectivity index is 2.94. The van der Waals surface area contributed by atoms with E-state index in [2.05, 4.69) is 9.50 Å². The van der Waals surface area contributed by atoms with Gasteiger partial charge in [-0.2, -0.15) is 8.42 Å². The Morgan fingerprint density at radius 2 is 2.00 bits per heavy atom. The van der Waals surface area contributed by atoms with Gasteiger partial charge >= 0.3 is 10.4 Å². The lowest BCUT2D eigenvalue weighted by atomic mass is 9.97. The van der Waals surface area contributed by atoms with Crippen LogP contribution in [-0.4, -0.2) is 71.4 Å². The third-order valence-corrected chi connectivity index (χ3v) is 2.94. The van der Waals surface area contributed by atoms with Crippen molar-refractivity contribution in [2.45, 2.75) is 37.6 Å². The van der Waals surface area contributed by atoms with Gasteiger partial charge < -0.3 is 25.4 Å². The molecular weight excluding hydrogens is 286 g/mol. The van der Waals surface area contributed by atoms with Crippen LogP contribution < -0.4 is 5.32 Å². The lowest BCUT2D eigenvalue weighted by molar-refractivity contribution is -0.248. The van der Waals surface area contributed by atoms with Gasteiger partial charge in [0, 0.05) is 6.92 Å². The third-order valence-electron chi connectivity index (χ3n) is 2.47. The summed E-state index contributed by atoms with van der Waals surface area (Å²) in [6, 6.07) is -1.37. The van der Waals surface area contributed by atoms with E-state index in [-0.39, 0.29) is 0 Å². The average Bonchev–Trinajstić information content (AvgIpc) is 2.26. The summed E-state index contributed by atoms with van der Waals surface area (Å²) >= 11 is 0. The molecule has 0 radical (unpaired) electrons. The van der Waals surface area contributed by atoms with Gasteiger partial charge in [0.1, 0.15) is 24.4 Å². The second-order valence-electron chi connectivity index (χ2n) is 3.95. The minimum Gasteiger partial charge on any atom is -0.394 e. The van der Waals surface area contributed by atoms with Crippen molar-refractivity contribution in [1.82, 2.24) is 5.32 Å². The number of carbonyl (C=O) groups is 1. The van der Waals surface area contributed by atoms with Gasteiger partial charge in [-0.25, -0.2) is 4.18 Å². The average molecular weight is 301 g/mol. The molecule has 1 amide bonds. The number of ether oxygens (including phenoxy) is 1. The van der Waals surface area contributed by atoms with Gasteiger partial charge in [0.2, 0.25) is 5.91 Å². The highest BCUT2D eigenvalue weighted by Crippen LogP contribution is 2.23. The van der Waals surface area contributed by atoms with Crippen LogP contribution in [0.4, 0.5) is 0 Å². The number of nitrogens with one attached hydrogen (secondary N) is 1. The second kappa shape index (κ2) is 6.09. The molecule has 1 rings (SSSR count). The maximum Gasteiger partial charge on any atom is 0.397 e. The first-order valence-corrected chi connectivity index (χ1v) is 6.57. The van der Waals surface area contributed by atoms with Crippen LogP contribution >= 0.6 is 0 Å². The standard InChI is InChI=1S/C8H15NO9S/c1-3(11)9-5-6(12)7(18-19(14,15)16)4(2-10)17-8(5)13/h4-8,10,12-13H,2H2,1H3,(H,9,11)(H,14,15,16)/t4?,5?,6-,7?,8-/m1/s1. The first kappa shape index (κ1) is 16.2. The lowest BCUT2D eigenvalue weighted by Gasteiger charge is -2.41. The summed E-state index contributed by atoms with van der Waals surface area (Å²) in [5.41, 5.74) is 0. The van der Waals surface area contributed by atoms with Crippen molar-refractivity contribution in [2.75, 3.05) is 6.61 Å². The third kappa shape index (κ3) is 4.35. The first-order chi connectivity index (χ1) is 8.65. The maximum atomic E-state index is 10.9. The topological polar surface area (TPSA) is 163 Å². The molecule has 0 spiro atoms. The molecule has 0 aliphatic carbocycles. The van der Waals surface area contributed by atoms with Crippen molar-refractivity contribution in [2.24, 2.45) is 0 Å². The van der Waals surface area contributed by atoms with E-state index in [1.807, 2.05) is 0 Å². The van der Waals surface area contributed by atoms with Gasteiger partial charge in [-0.3, -0.25) is 9.35 Å². The molecular formula is C8H15NO9S. The van der Waals surface area contributed by atoms with Crippen molar-refractivity contribution in [3.8, 4) is 0 Å². The largest absolute Gasteiger partial charge is 0.397 e. The molecule has 1 aliphatic heterocycles. The summed E-state index contributed by atoms with van der Waals surface area (Å²) in [5, 5.41) is 30.5. The van der Waals surface area contributed by atoms with E-state index < -0.39 is 53.6 Å². The zero-order valence-electron chi connectivity index (χ0n) is 9.83. The molecule has 10 nitrogen and oxygen atoms in total. The predicted molar refractivity (Wildman–Crippen MR) is 58.0 cm³/mol. The van der Waals surface area contributed by atoms with Gasteiger partial charge in [-0.05, 0) is 0 Å². The monoisotopic (exact) mass is 301 g/mol. The summed E-state index contributed by atoms with van der Waals surface area (Å²) in [6.45, 7) is 0.331. The van der Waals surface area contributed by atoms with Gasteiger partial charge in [0.15, 0.2) is 6.29 Å². The van der Waals surface area contributed by atoms with E-state index in [4.69, 9.17) is 14.4 Å². The highest BCUT2D eigenvalue weighted by atomic mass is 32.3. The molecule has 0 bridgehead atoms. The number of amides is 1. The summed E-state index contributed by atoms with van der Waals surface area (Å²) in [5.74, 6) is -0.611. The summed E-state index contributed by atoms with van der Waals surface area (Å²) in [4.78, 5) is 10.9. The van der Waals surface area contributed by atoms with Crippen molar-refractivity contribution < 1.29 is 42.0 Å². The van der Waals surface area contributed by atoms with Crippen LogP contribution in [0, 0.1) is 0 Å². The smallest absolute Gasteiger partial charge is 0.394 e. The molecule has 1 aliphatic rings. The Labute approximate surface area is 108 Å². The molecule has 5 atom stereocenters. The fraction of sp³-hybridized carbons (Fsp3) is 0.875. The molecule has 11 heteroatoms. The molecule has 0 aromatic heterocycles. The zero-order valence-corrected chi connectivity index (χ0v) is 10.6. The fourth-order valence-corrected chi connectivity index (χ4v) is 2.25. The molecule has 1 saturated heterocycles. The Kier molecular flexibility index (Phi) is 5.20. The molecule has 1 fully saturated rings. The van der Waals surface area contributed by atoms with E-state index in [0.717, 1.165) is 6.92 Å². The van der Waals surface area contributed by atoms with E-state index in [1.165, 1.54) is 0 Å². The number of hydrogen-bond acceptors (Lipinski definition) is 8. The SMILES string of the molecule is CC(=O)NC1[C@@H](O)C(OS(=O)(=O)O)C(CO)O[C@H]1O. The molecule has 1 heterocycles. The van der Waals surface area contributed by atoms with Crippen molar-refractivity contribution in [1.29, 1.82) is 0 Å². The van der Waals surface area contributed by atoms with Crippen molar-refractivity contribution >= 4 is 16.3 Å². The molecule has 3 unspecified atom stereocenters. The Morgan fingerprint density at radius 3 is 2.42 bits per heavy atom. The van der Waals surface area contributed by atoms with E-state index in [0.29, 0.717) is 0 Å². The highest BCUT2D eigenvalue weighted by molar-refractivity contribution is 7.80. The van der Waals surface area contributed by atoms with Crippen molar-refractivity contribution in [3.05, 3.63) is 0 Å². The number of aliphatic hydroxyl groups is 3. The Bertz CT molecular complexity index is 424.